The number of hydrogen-bond donors (Lipinski definition) is 0. The Morgan fingerprint density at radius 1 is 0.284 bits per heavy atom. The molecule has 0 aromatic heterocycles. The number of rotatable bonds is 53. The smallest absolute Gasteiger partial charge is 0.306 e. The van der Waals surface area contributed by atoms with Crippen LogP contribution in [0.2, 0.25) is 0 Å². The van der Waals surface area contributed by atoms with E-state index in [9.17, 15) is 14.4 Å². The maximum absolute atomic E-state index is 12.8. The standard InChI is InChI=1S/C68H110O6/c1-4-7-10-13-16-19-22-25-27-29-31-32-33-34-35-36-38-39-41-43-46-49-52-55-58-61-67(70)73-64-65(63-72-66(69)60-57-54-51-48-45-24-21-18-15-12-9-6-3)74-68(71)62-59-56-53-50-47-44-42-40-37-30-28-26-23-20-17-14-11-8-5-2/h7-8,10-11,16-21,25-28,31-32,37,40,44,47,53,56,65H,4-6,9,12-15,22-24,29-30,33-36,38-39,41-43,45-46,48-52,54-55,57-64H2,1-3H3/b10-7-,11-8-,19-16-,20-17-,21-18-,27-25-,28-26-,32-31-,40-37-,47-44-,56-53-. The molecule has 1 unspecified atom stereocenters. The lowest BCUT2D eigenvalue weighted by Crippen LogP contribution is -2.30. The Hall–Kier alpha value is -4.45. The molecule has 0 spiro atoms. The SMILES string of the molecule is CC/C=C\C/C=C\C/C=C\C/C=C\C/C=C\C/C=C\CCC(=O)OC(COC(=O)CCCCCCC/C=C\CCCCC)COC(=O)CCCCCCCCCCCCCC/C=C\C/C=C\C/C=C\C/C=C\CC. The Morgan fingerprint density at radius 2 is 0.554 bits per heavy atom. The molecule has 0 saturated carbocycles. The van der Waals surface area contributed by atoms with E-state index in [1.165, 1.54) is 96.3 Å². The van der Waals surface area contributed by atoms with Crippen molar-refractivity contribution in [2.24, 2.45) is 0 Å². The zero-order valence-corrected chi connectivity index (χ0v) is 47.8. The molecule has 74 heavy (non-hydrogen) atoms. The van der Waals surface area contributed by atoms with E-state index in [0.29, 0.717) is 19.3 Å². The van der Waals surface area contributed by atoms with Crippen molar-refractivity contribution in [3.63, 3.8) is 0 Å². The highest BCUT2D eigenvalue weighted by Crippen LogP contribution is 2.15. The topological polar surface area (TPSA) is 78.9 Å². The van der Waals surface area contributed by atoms with E-state index in [0.717, 1.165) is 116 Å². The molecule has 0 bridgehead atoms. The maximum Gasteiger partial charge on any atom is 0.306 e. The summed E-state index contributed by atoms with van der Waals surface area (Å²) in [5.74, 6) is -1.01. The number of ether oxygens (including phenoxy) is 3. The molecule has 0 aliphatic rings. The molecule has 0 aliphatic carbocycles. The van der Waals surface area contributed by atoms with E-state index < -0.39 is 12.1 Å². The number of hydrogen-bond acceptors (Lipinski definition) is 6. The molecule has 0 radical (unpaired) electrons. The van der Waals surface area contributed by atoms with Crippen molar-refractivity contribution in [2.75, 3.05) is 13.2 Å². The van der Waals surface area contributed by atoms with Crippen molar-refractivity contribution in [1.29, 1.82) is 0 Å². The molecular weight excluding hydrogens is 913 g/mol. The van der Waals surface area contributed by atoms with E-state index in [4.69, 9.17) is 14.2 Å². The van der Waals surface area contributed by atoms with Crippen LogP contribution < -0.4 is 0 Å². The van der Waals surface area contributed by atoms with E-state index in [2.05, 4.69) is 142 Å². The van der Waals surface area contributed by atoms with Crippen molar-refractivity contribution >= 4 is 17.9 Å². The lowest BCUT2D eigenvalue weighted by atomic mass is 10.0. The van der Waals surface area contributed by atoms with Gasteiger partial charge in [-0.25, -0.2) is 0 Å². The van der Waals surface area contributed by atoms with E-state index in [1.807, 2.05) is 12.2 Å². The summed E-state index contributed by atoms with van der Waals surface area (Å²) in [4.78, 5) is 38.2. The Morgan fingerprint density at radius 3 is 0.892 bits per heavy atom. The van der Waals surface area contributed by atoms with Gasteiger partial charge in [0.2, 0.25) is 0 Å². The van der Waals surface area contributed by atoms with Crippen molar-refractivity contribution < 1.29 is 28.6 Å². The number of esters is 3. The Kier molecular flexibility index (Phi) is 57.4. The molecule has 418 valence electrons. The van der Waals surface area contributed by atoms with Crippen molar-refractivity contribution in [1.82, 2.24) is 0 Å². The highest BCUT2D eigenvalue weighted by molar-refractivity contribution is 5.71. The third-order valence-electron chi connectivity index (χ3n) is 12.4. The summed E-state index contributed by atoms with van der Waals surface area (Å²) in [6.45, 7) is 6.32. The molecule has 0 aliphatic heterocycles. The minimum atomic E-state index is -0.827. The number of carbonyl (C=O) groups excluding carboxylic acids is 3. The van der Waals surface area contributed by atoms with Gasteiger partial charge < -0.3 is 14.2 Å². The summed E-state index contributed by atoms with van der Waals surface area (Å²) in [6, 6.07) is 0. The number of carbonyl (C=O) groups is 3. The van der Waals surface area contributed by atoms with Crippen LogP contribution in [0.4, 0.5) is 0 Å². The Balaban J connectivity index is 4.42. The average molecular weight is 1020 g/mol. The first-order valence-corrected chi connectivity index (χ1v) is 30.2. The summed E-state index contributed by atoms with van der Waals surface area (Å²) in [5, 5.41) is 0. The lowest BCUT2D eigenvalue weighted by Gasteiger charge is -2.18. The van der Waals surface area contributed by atoms with Gasteiger partial charge in [0.25, 0.3) is 0 Å². The van der Waals surface area contributed by atoms with Crippen LogP contribution in [0.3, 0.4) is 0 Å². The summed E-state index contributed by atoms with van der Waals surface area (Å²) >= 11 is 0. The van der Waals surface area contributed by atoms with Gasteiger partial charge in [0.1, 0.15) is 13.2 Å². The molecule has 6 nitrogen and oxygen atoms in total. The van der Waals surface area contributed by atoms with Crippen LogP contribution in [0.25, 0.3) is 0 Å². The van der Waals surface area contributed by atoms with Gasteiger partial charge in [-0.1, -0.05) is 251 Å². The van der Waals surface area contributed by atoms with E-state index >= 15 is 0 Å². The van der Waals surface area contributed by atoms with Gasteiger partial charge in [0, 0.05) is 19.3 Å². The second-order valence-corrected chi connectivity index (χ2v) is 19.5. The largest absolute Gasteiger partial charge is 0.462 e. The molecule has 0 rings (SSSR count). The van der Waals surface area contributed by atoms with Gasteiger partial charge >= 0.3 is 17.9 Å². The predicted molar refractivity (Wildman–Crippen MR) is 320 cm³/mol. The van der Waals surface area contributed by atoms with E-state index in [1.54, 1.807) is 0 Å². The molecule has 0 amide bonds. The Bertz CT molecular complexity index is 1600. The second kappa shape index (κ2) is 61.1. The predicted octanol–water partition coefficient (Wildman–Crippen LogP) is 20.6. The minimum absolute atomic E-state index is 0.115. The van der Waals surface area contributed by atoms with Crippen molar-refractivity contribution in [2.45, 2.75) is 264 Å². The number of unbranched alkanes of at least 4 members (excludes halogenated alkanes) is 20. The van der Waals surface area contributed by atoms with Gasteiger partial charge in [-0.15, -0.1) is 0 Å². The first-order valence-electron chi connectivity index (χ1n) is 30.2. The maximum atomic E-state index is 12.8. The molecule has 0 aromatic rings. The van der Waals surface area contributed by atoms with Gasteiger partial charge in [0.05, 0.1) is 0 Å². The van der Waals surface area contributed by atoms with Crippen LogP contribution in [0.15, 0.2) is 134 Å². The molecule has 1 atom stereocenters. The molecule has 6 heteroatoms. The zero-order valence-electron chi connectivity index (χ0n) is 47.8. The van der Waals surface area contributed by atoms with Gasteiger partial charge in [-0.2, -0.15) is 0 Å². The fourth-order valence-corrected chi connectivity index (χ4v) is 7.92. The average Bonchev–Trinajstić information content (AvgIpc) is 3.40. The van der Waals surface area contributed by atoms with Gasteiger partial charge in [0.15, 0.2) is 6.10 Å². The van der Waals surface area contributed by atoms with Crippen LogP contribution in [0.1, 0.15) is 258 Å². The van der Waals surface area contributed by atoms with Crippen molar-refractivity contribution in [3.05, 3.63) is 134 Å². The highest BCUT2D eigenvalue weighted by atomic mass is 16.6. The quantitative estimate of drug-likeness (QED) is 0.0261. The van der Waals surface area contributed by atoms with Crippen molar-refractivity contribution in [3.8, 4) is 0 Å². The molecule has 0 aromatic carbocycles. The zero-order chi connectivity index (χ0) is 53.6. The molecule has 0 saturated heterocycles. The van der Waals surface area contributed by atoms with Crippen LogP contribution in [-0.2, 0) is 28.6 Å². The molecule has 0 heterocycles. The third kappa shape index (κ3) is 58.4. The van der Waals surface area contributed by atoms with Crippen LogP contribution in [0.5, 0.6) is 0 Å². The van der Waals surface area contributed by atoms with Crippen LogP contribution >= 0.6 is 0 Å². The normalized spacial score (nSPS) is 13.1. The first-order chi connectivity index (χ1) is 36.5. The Labute approximate surface area is 455 Å². The highest BCUT2D eigenvalue weighted by Gasteiger charge is 2.19. The van der Waals surface area contributed by atoms with Gasteiger partial charge in [-0.05, 0) is 122 Å². The summed E-state index contributed by atoms with van der Waals surface area (Å²) in [6.07, 6.45) is 86.1. The minimum Gasteiger partial charge on any atom is -0.462 e. The molecule has 0 fully saturated rings. The van der Waals surface area contributed by atoms with Crippen LogP contribution in [0, 0.1) is 0 Å². The molecular formula is C68H110O6. The number of allylic oxidation sites excluding steroid dienone is 22. The fraction of sp³-hybridized carbons (Fsp3) is 0.632. The second-order valence-electron chi connectivity index (χ2n) is 19.5. The lowest BCUT2D eigenvalue weighted by molar-refractivity contribution is -0.166. The summed E-state index contributed by atoms with van der Waals surface area (Å²) in [5.41, 5.74) is 0. The monoisotopic (exact) mass is 1020 g/mol. The first kappa shape index (κ1) is 69.5. The fourth-order valence-electron chi connectivity index (χ4n) is 7.92. The van der Waals surface area contributed by atoms with Crippen LogP contribution in [-0.4, -0.2) is 37.2 Å². The summed E-state index contributed by atoms with van der Waals surface area (Å²) < 4.78 is 16.8. The summed E-state index contributed by atoms with van der Waals surface area (Å²) in [7, 11) is 0. The molecule has 0 N–H and O–H groups in total. The van der Waals surface area contributed by atoms with E-state index in [-0.39, 0.29) is 31.6 Å². The third-order valence-corrected chi connectivity index (χ3v) is 12.4. The van der Waals surface area contributed by atoms with Gasteiger partial charge in [-0.3, -0.25) is 14.4 Å².